The highest BCUT2D eigenvalue weighted by molar-refractivity contribution is 7.80. The first-order chi connectivity index (χ1) is 29.1. The number of hydrogen-bond acceptors (Lipinski definition) is 11. The number of nitrogens with one attached hydrogen (secondary N) is 1. The van der Waals surface area contributed by atoms with Crippen molar-refractivity contribution < 1.29 is 47.1 Å². The third-order valence-electron chi connectivity index (χ3n) is 11.8. The first-order valence-corrected chi connectivity index (χ1v) is 26.1. The normalized spacial score (nSPS) is 21.1. The SMILES string of the molecule is CCCCCCCC/C=C\CCCCCCCCCCCCCCNC(CO[C@@H]1OC(CO)[C@H](O)C(OS(=O)(=O)[O-])C1O)C(O)/C=C/CCCCCCCCCCCCC. The van der Waals surface area contributed by atoms with Crippen molar-refractivity contribution in [3.05, 3.63) is 24.3 Å². The Balaban J connectivity index is 2.37. The predicted octanol–water partition coefficient (Wildman–Crippen LogP) is 10.2. The highest BCUT2D eigenvalue weighted by Gasteiger charge is 2.47. The molecule has 0 aromatic rings. The van der Waals surface area contributed by atoms with Crippen molar-refractivity contribution in [2.75, 3.05) is 19.8 Å². The maximum atomic E-state index is 11.3. The molecule has 0 aromatic heterocycles. The summed E-state index contributed by atoms with van der Waals surface area (Å²) in [6, 6.07) is -0.581. The fourth-order valence-corrected chi connectivity index (χ4v) is 8.43. The second kappa shape index (κ2) is 39.6. The zero-order valence-corrected chi connectivity index (χ0v) is 39.1. The van der Waals surface area contributed by atoms with Crippen molar-refractivity contribution in [2.45, 2.75) is 262 Å². The zero-order valence-electron chi connectivity index (χ0n) is 38.2. The molecular formula is C48H92NO10S-. The molecule has 1 saturated heterocycles. The van der Waals surface area contributed by atoms with Crippen LogP contribution in [0, 0.1) is 0 Å². The highest BCUT2D eigenvalue weighted by atomic mass is 32.3. The van der Waals surface area contributed by atoms with Crippen LogP contribution in [0.25, 0.3) is 0 Å². The quantitative estimate of drug-likeness (QED) is 0.0170. The molecule has 1 aliphatic rings. The molecule has 11 nitrogen and oxygen atoms in total. The van der Waals surface area contributed by atoms with E-state index >= 15 is 0 Å². The van der Waals surface area contributed by atoms with E-state index in [1.54, 1.807) is 6.08 Å². The van der Waals surface area contributed by atoms with Crippen LogP contribution in [-0.4, -0.2) is 96.0 Å². The molecule has 0 bridgehead atoms. The lowest BCUT2D eigenvalue weighted by atomic mass is 9.99. The molecule has 0 spiro atoms. The summed E-state index contributed by atoms with van der Waals surface area (Å²) >= 11 is 0. The van der Waals surface area contributed by atoms with Crippen molar-refractivity contribution in [1.82, 2.24) is 5.32 Å². The van der Waals surface area contributed by atoms with Crippen LogP contribution < -0.4 is 5.32 Å². The number of allylic oxidation sites excluding steroid dienone is 3. The minimum atomic E-state index is -5.28. The second-order valence-electron chi connectivity index (χ2n) is 17.4. The topological polar surface area (TPSA) is 178 Å². The van der Waals surface area contributed by atoms with Crippen molar-refractivity contribution in [2.24, 2.45) is 0 Å². The van der Waals surface area contributed by atoms with E-state index in [9.17, 15) is 33.4 Å². The third-order valence-corrected chi connectivity index (χ3v) is 12.3. The van der Waals surface area contributed by atoms with Crippen LogP contribution in [0.2, 0.25) is 0 Å². The van der Waals surface area contributed by atoms with E-state index in [1.165, 1.54) is 167 Å². The minimum Gasteiger partial charge on any atom is -0.726 e. The Labute approximate surface area is 367 Å². The van der Waals surface area contributed by atoms with Gasteiger partial charge < -0.3 is 39.8 Å². The number of ether oxygens (including phenoxy) is 2. The Morgan fingerprint density at radius 3 is 1.43 bits per heavy atom. The van der Waals surface area contributed by atoms with Gasteiger partial charge in [0.05, 0.1) is 25.4 Å². The Morgan fingerprint density at radius 1 is 0.617 bits per heavy atom. The molecule has 5 N–H and O–H groups in total. The molecule has 1 fully saturated rings. The van der Waals surface area contributed by atoms with Gasteiger partial charge in [-0.25, -0.2) is 8.42 Å². The summed E-state index contributed by atoms with van der Waals surface area (Å²) in [4.78, 5) is 0. The van der Waals surface area contributed by atoms with E-state index in [0.717, 1.165) is 38.5 Å². The molecule has 0 aromatic carbocycles. The average molecular weight is 875 g/mol. The molecule has 1 heterocycles. The predicted molar refractivity (Wildman–Crippen MR) is 243 cm³/mol. The molecule has 5 unspecified atom stereocenters. The Morgan fingerprint density at radius 2 is 1.02 bits per heavy atom. The van der Waals surface area contributed by atoms with Crippen LogP contribution in [0.15, 0.2) is 24.3 Å². The molecule has 12 heteroatoms. The molecule has 1 rings (SSSR count). The Hall–Kier alpha value is -0.930. The van der Waals surface area contributed by atoms with E-state index in [4.69, 9.17) is 9.47 Å². The summed E-state index contributed by atoms with van der Waals surface area (Å²) in [5, 5.41) is 45.2. The van der Waals surface area contributed by atoms with Crippen LogP contribution in [0.4, 0.5) is 0 Å². The number of hydrogen-bond donors (Lipinski definition) is 5. The molecule has 7 atom stereocenters. The molecule has 0 aliphatic carbocycles. The summed E-state index contributed by atoms with van der Waals surface area (Å²) in [6.07, 6.45) is 39.5. The van der Waals surface area contributed by atoms with Crippen molar-refractivity contribution in [3.63, 3.8) is 0 Å². The van der Waals surface area contributed by atoms with Crippen LogP contribution in [0.5, 0.6) is 0 Å². The second-order valence-corrected chi connectivity index (χ2v) is 18.4. The fourth-order valence-electron chi connectivity index (χ4n) is 7.93. The van der Waals surface area contributed by atoms with Gasteiger partial charge in [0.2, 0.25) is 10.4 Å². The van der Waals surface area contributed by atoms with Crippen molar-refractivity contribution in [3.8, 4) is 0 Å². The van der Waals surface area contributed by atoms with E-state index in [1.807, 2.05) is 6.08 Å². The van der Waals surface area contributed by atoms with Crippen molar-refractivity contribution >= 4 is 10.4 Å². The van der Waals surface area contributed by atoms with Gasteiger partial charge in [-0.15, -0.1) is 0 Å². The van der Waals surface area contributed by atoms with Gasteiger partial charge in [0.1, 0.15) is 24.4 Å². The lowest BCUT2D eigenvalue weighted by Gasteiger charge is -2.42. The number of aliphatic hydroxyl groups excluding tert-OH is 4. The van der Waals surface area contributed by atoms with Crippen LogP contribution >= 0.6 is 0 Å². The molecule has 60 heavy (non-hydrogen) atoms. The van der Waals surface area contributed by atoms with Gasteiger partial charge >= 0.3 is 0 Å². The van der Waals surface area contributed by atoms with E-state index < -0.39 is 59.9 Å². The Kier molecular flexibility index (Phi) is 37.7. The molecule has 356 valence electrons. The van der Waals surface area contributed by atoms with Gasteiger partial charge in [0.25, 0.3) is 0 Å². The zero-order chi connectivity index (χ0) is 43.9. The Bertz CT molecular complexity index is 1110. The smallest absolute Gasteiger partial charge is 0.218 e. The number of rotatable bonds is 43. The van der Waals surface area contributed by atoms with Gasteiger partial charge in [0, 0.05) is 0 Å². The monoisotopic (exact) mass is 875 g/mol. The van der Waals surface area contributed by atoms with Gasteiger partial charge in [-0.3, -0.25) is 4.18 Å². The maximum Gasteiger partial charge on any atom is 0.218 e. The summed E-state index contributed by atoms with van der Waals surface area (Å²) < 4.78 is 49.5. The van der Waals surface area contributed by atoms with E-state index in [2.05, 4.69) is 35.5 Å². The molecule has 1 aliphatic heterocycles. The standard InChI is InChI=1S/C48H93NO10S/c1-3-5-7-9-11-13-15-17-18-19-20-21-22-23-24-25-27-29-31-33-35-37-39-49-42(43(51)38-36-34-32-30-28-26-16-14-12-10-8-6-4-2)41-57-48-46(53)47(59-60(54,55)56)45(52)44(40-50)58-48/h17-18,36,38,42-53H,3-16,19-35,37,39-41H2,1-2H3,(H,54,55,56)/p-1/b18-17-,38-36+/t42?,43?,44?,45-,46?,47?,48+/m0/s1. The first kappa shape index (κ1) is 57.1. The molecule has 0 radical (unpaired) electrons. The van der Waals surface area contributed by atoms with Gasteiger partial charge in [-0.1, -0.05) is 199 Å². The van der Waals surface area contributed by atoms with Gasteiger partial charge in [-0.05, 0) is 51.5 Å². The summed E-state index contributed by atoms with van der Waals surface area (Å²) in [6.45, 7) is 4.29. The number of aliphatic hydroxyl groups is 4. The third kappa shape index (κ3) is 31.8. The lowest BCUT2D eigenvalue weighted by Crippen LogP contribution is -2.61. The van der Waals surface area contributed by atoms with Crippen molar-refractivity contribution in [1.29, 1.82) is 0 Å². The number of unbranched alkanes of at least 4 members (excludes halogenated alkanes) is 29. The summed E-state index contributed by atoms with van der Waals surface area (Å²) in [5.41, 5.74) is 0. The highest BCUT2D eigenvalue weighted by Crippen LogP contribution is 2.26. The van der Waals surface area contributed by atoms with Crippen LogP contribution in [0.1, 0.15) is 219 Å². The minimum absolute atomic E-state index is 0.132. The lowest BCUT2D eigenvalue weighted by molar-refractivity contribution is -0.298. The van der Waals surface area contributed by atoms with E-state index in [-0.39, 0.29) is 6.61 Å². The summed E-state index contributed by atoms with van der Waals surface area (Å²) in [5.74, 6) is 0. The van der Waals surface area contributed by atoms with Crippen LogP contribution in [-0.2, 0) is 24.1 Å². The molecule has 0 saturated carbocycles. The van der Waals surface area contributed by atoms with Crippen LogP contribution in [0.3, 0.4) is 0 Å². The molecule has 0 amide bonds. The van der Waals surface area contributed by atoms with Gasteiger partial charge in [0.15, 0.2) is 6.29 Å². The largest absolute Gasteiger partial charge is 0.726 e. The summed E-state index contributed by atoms with van der Waals surface area (Å²) in [7, 11) is -5.28. The molecular weight excluding hydrogens is 783 g/mol. The average Bonchev–Trinajstić information content (AvgIpc) is 3.22. The first-order valence-electron chi connectivity index (χ1n) is 24.8. The van der Waals surface area contributed by atoms with Gasteiger partial charge in [-0.2, -0.15) is 0 Å². The maximum absolute atomic E-state index is 11.3. The van der Waals surface area contributed by atoms with E-state index in [0.29, 0.717) is 6.54 Å². The fraction of sp³-hybridized carbons (Fsp3) is 0.917.